The molecule has 1 saturated carbocycles. The molecule has 9 heteroatoms. The standard InChI is InChI=1S/C21H24N6O3/c1-21(9-18(28)27(2)20(22)26-21)14-4-3-5-15(8-14)25-19(29)16-10-24-17(11-23-16)30-12-13-6-7-13/h3-5,8,10-11,13H,6-7,9,12H2,1-2H3,(H2,22,26)(H,25,29). The van der Waals surface area contributed by atoms with Crippen LogP contribution in [0.2, 0.25) is 0 Å². The summed E-state index contributed by atoms with van der Waals surface area (Å²) in [6.45, 7) is 2.48. The highest BCUT2D eigenvalue weighted by Crippen LogP contribution is 2.34. The SMILES string of the molecule is CN1C(=O)CC(C)(c2cccc(NC(=O)c3cnc(OCC4CC4)cn3)c2)N=C1N. The maximum atomic E-state index is 12.6. The summed E-state index contributed by atoms with van der Waals surface area (Å²) in [7, 11) is 1.60. The second-order valence-corrected chi connectivity index (χ2v) is 7.90. The number of nitrogens with two attached hydrogens (primary N) is 1. The van der Waals surface area contributed by atoms with Crippen molar-refractivity contribution in [2.75, 3.05) is 19.0 Å². The van der Waals surface area contributed by atoms with Gasteiger partial charge in [0.2, 0.25) is 11.8 Å². The highest BCUT2D eigenvalue weighted by atomic mass is 16.5. The molecule has 0 bridgehead atoms. The number of benzene rings is 1. The van der Waals surface area contributed by atoms with E-state index in [2.05, 4.69) is 20.3 Å². The van der Waals surface area contributed by atoms with Crippen LogP contribution in [0.4, 0.5) is 5.69 Å². The molecule has 30 heavy (non-hydrogen) atoms. The number of nitrogens with one attached hydrogen (secondary N) is 1. The lowest BCUT2D eigenvalue weighted by Crippen LogP contribution is -2.47. The maximum absolute atomic E-state index is 12.6. The minimum Gasteiger partial charge on any atom is -0.476 e. The largest absolute Gasteiger partial charge is 0.476 e. The molecule has 1 unspecified atom stereocenters. The minimum atomic E-state index is -0.797. The first-order chi connectivity index (χ1) is 14.3. The predicted octanol–water partition coefficient (Wildman–Crippen LogP) is 1.91. The number of nitrogens with zero attached hydrogens (tertiary/aromatic N) is 4. The predicted molar refractivity (Wildman–Crippen MR) is 111 cm³/mol. The van der Waals surface area contributed by atoms with Gasteiger partial charge in [0, 0.05) is 12.7 Å². The van der Waals surface area contributed by atoms with E-state index < -0.39 is 5.54 Å². The molecule has 2 aromatic rings. The molecule has 156 valence electrons. The summed E-state index contributed by atoms with van der Waals surface area (Å²) < 4.78 is 5.54. The van der Waals surface area contributed by atoms with Crippen LogP contribution in [0.15, 0.2) is 41.7 Å². The van der Waals surface area contributed by atoms with Gasteiger partial charge in [0.25, 0.3) is 5.91 Å². The van der Waals surface area contributed by atoms with Gasteiger partial charge in [-0.3, -0.25) is 14.5 Å². The Morgan fingerprint density at radius 1 is 1.33 bits per heavy atom. The molecule has 2 amide bonds. The maximum Gasteiger partial charge on any atom is 0.275 e. The van der Waals surface area contributed by atoms with E-state index in [9.17, 15) is 9.59 Å². The summed E-state index contributed by atoms with van der Waals surface area (Å²) in [5.74, 6) is 0.696. The molecule has 2 aliphatic rings. The lowest BCUT2D eigenvalue weighted by molar-refractivity contribution is -0.128. The zero-order valence-corrected chi connectivity index (χ0v) is 17.0. The molecule has 2 heterocycles. The van der Waals surface area contributed by atoms with E-state index in [-0.39, 0.29) is 29.9 Å². The molecule has 3 N–H and O–H groups in total. The summed E-state index contributed by atoms with van der Waals surface area (Å²) in [6.07, 6.45) is 5.42. The second-order valence-electron chi connectivity index (χ2n) is 7.90. The van der Waals surface area contributed by atoms with Crippen molar-refractivity contribution in [1.82, 2.24) is 14.9 Å². The highest BCUT2D eigenvalue weighted by Gasteiger charge is 2.36. The van der Waals surface area contributed by atoms with Crippen LogP contribution in [-0.2, 0) is 10.3 Å². The Kier molecular flexibility index (Phi) is 5.11. The molecule has 0 saturated heterocycles. The van der Waals surface area contributed by atoms with Gasteiger partial charge in [-0.05, 0) is 43.4 Å². The monoisotopic (exact) mass is 408 g/mol. The summed E-state index contributed by atoms with van der Waals surface area (Å²) in [5, 5.41) is 2.81. The number of guanidine groups is 1. The zero-order chi connectivity index (χ0) is 21.3. The Hall–Kier alpha value is -3.49. The van der Waals surface area contributed by atoms with Crippen molar-refractivity contribution in [2.45, 2.75) is 31.7 Å². The molecular formula is C21H24N6O3. The van der Waals surface area contributed by atoms with Crippen molar-refractivity contribution >= 4 is 23.5 Å². The molecule has 1 aromatic heterocycles. The Balaban J connectivity index is 1.46. The van der Waals surface area contributed by atoms with Gasteiger partial charge in [-0.2, -0.15) is 0 Å². The first-order valence-corrected chi connectivity index (χ1v) is 9.83. The number of hydrogen-bond donors (Lipinski definition) is 2. The molecule has 1 aliphatic carbocycles. The van der Waals surface area contributed by atoms with E-state index in [0.717, 1.165) is 5.56 Å². The van der Waals surface area contributed by atoms with E-state index in [1.165, 1.54) is 30.1 Å². The van der Waals surface area contributed by atoms with E-state index >= 15 is 0 Å². The lowest BCUT2D eigenvalue weighted by atomic mass is 9.87. The average molecular weight is 408 g/mol. The van der Waals surface area contributed by atoms with E-state index in [4.69, 9.17) is 10.5 Å². The molecule has 1 atom stereocenters. The molecule has 1 fully saturated rings. The van der Waals surface area contributed by atoms with Gasteiger partial charge in [0.1, 0.15) is 5.69 Å². The Bertz CT molecular complexity index is 1000. The lowest BCUT2D eigenvalue weighted by Gasteiger charge is -2.33. The third-order valence-corrected chi connectivity index (χ3v) is 5.34. The van der Waals surface area contributed by atoms with Crippen LogP contribution in [-0.4, -0.2) is 46.3 Å². The van der Waals surface area contributed by atoms with Crippen molar-refractivity contribution in [1.29, 1.82) is 0 Å². The molecule has 9 nitrogen and oxygen atoms in total. The first kappa shape index (κ1) is 19.8. The topological polar surface area (TPSA) is 123 Å². The van der Waals surface area contributed by atoms with Gasteiger partial charge in [-0.1, -0.05) is 12.1 Å². The fraction of sp³-hybridized carbons (Fsp3) is 0.381. The molecular weight excluding hydrogens is 384 g/mol. The first-order valence-electron chi connectivity index (χ1n) is 9.83. The van der Waals surface area contributed by atoms with Crippen LogP contribution >= 0.6 is 0 Å². The molecule has 0 spiro atoms. The fourth-order valence-electron chi connectivity index (χ4n) is 3.20. The quantitative estimate of drug-likeness (QED) is 0.753. The number of anilines is 1. The van der Waals surface area contributed by atoms with Crippen LogP contribution in [0.5, 0.6) is 5.88 Å². The number of carbonyl (C=O) groups excluding carboxylic acids is 2. The van der Waals surface area contributed by atoms with Crippen molar-refractivity contribution in [2.24, 2.45) is 16.6 Å². The Morgan fingerprint density at radius 3 is 2.80 bits per heavy atom. The van der Waals surface area contributed by atoms with Gasteiger partial charge in [-0.15, -0.1) is 0 Å². The van der Waals surface area contributed by atoms with E-state index in [1.54, 1.807) is 25.2 Å². The number of carbonyl (C=O) groups is 2. The van der Waals surface area contributed by atoms with E-state index in [1.807, 2.05) is 13.0 Å². The smallest absolute Gasteiger partial charge is 0.275 e. The number of aliphatic imine (C=N–C) groups is 1. The third-order valence-electron chi connectivity index (χ3n) is 5.34. The van der Waals surface area contributed by atoms with Gasteiger partial charge in [-0.25, -0.2) is 15.0 Å². The molecule has 1 aromatic carbocycles. The van der Waals surface area contributed by atoms with Gasteiger partial charge < -0.3 is 15.8 Å². The van der Waals surface area contributed by atoms with Crippen molar-refractivity contribution < 1.29 is 14.3 Å². The number of ether oxygens (including phenoxy) is 1. The van der Waals surface area contributed by atoms with Crippen molar-refractivity contribution in [3.05, 3.63) is 47.9 Å². The van der Waals surface area contributed by atoms with Crippen molar-refractivity contribution in [3.8, 4) is 5.88 Å². The van der Waals surface area contributed by atoms with Crippen LogP contribution in [0, 0.1) is 5.92 Å². The minimum absolute atomic E-state index is 0.112. The Labute approximate surface area is 174 Å². The molecule has 4 rings (SSSR count). The molecule has 1 aliphatic heterocycles. The third kappa shape index (κ3) is 4.24. The second kappa shape index (κ2) is 7.74. The normalized spacial score (nSPS) is 21.2. The molecule has 0 radical (unpaired) electrons. The number of hydrogen-bond acceptors (Lipinski definition) is 7. The van der Waals surface area contributed by atoms with Crippen LogP contribution in [0.25, 0.3) is 0 Å². The van der Waals surface area contributed by atoms with Crippen LogP contribution in [0.3, 0.4) is 0 Å². The van der Waals surface area contributed by atoms with Crippen LogP contribution < -0.4 is 15.8 Å². The number of aromatic nitrogens is 2. The summed E-state index contributed by atoms with van der Waals surface area (Å²) in [4.78, 5) is 38.9. The number of amides is 2. The van der Waals surface area contributed by atoms with Gasteiger partial charge in [0.15, 0.2) is 5.96 Å². The summed E-state index contributed by atoms with van der Waals surface area (Å²) >= 11 is 0. The Morgan fingerprint density at radius 2 is 2.13 bits per heavy atom. The van der Waals surface area contributed by atoms with Crippen molar-refractivity contribution in [3.63, 3.8) is 0 Å². The number of rotatable bonds is 6. The highest BCUT2D eigenvalue weighted by molar-refractivity contribution is 6.03. The fourth-order valence-corrected chi connectivity index (χ4v) is 3.20. The van der Waals surface area contributed by atoms with Crippen LogP contribution in [0.1, 0.15) is 42.2 Å². The summed E-state index contributed by atoms with van der Waals surface area (Å²) in [5.41, 5.74) is 6.62. The van der Waals surface area contributed by atoms with Gasteiger partial charge in [0.05, 0.1) is 31.0 Å². The summed E-state index contributed by atoms with van der Waals surface area (Å²) in [6, 6.07) is 7.20. The van der Waals surface area contributed by atoms with E-state index in [0.29, 0.717) is 24.1 Å². The van der Waals surface area contributed by atoms with Gasteiger partial charge >= 0.3 is 0 Å². The zero-order valence-electron chi connectivity index (χ0n) is 17.0. The average Bonchev–Trinajstić information content (AvgIpc) is 3.55.